The summed E-state index contributed by atoms with van der Waals surface area (Å²) in [5.74, 6) is -0.500. The fraction of sp³-hybridized carbons (Fsp3) is 0. The number of rotatable bonds is 2. The van der Waals surface area contributed by atoms with E-state index >= 15 is 0 Å². The number of aromatic nitrogens is 2. The van der Waals surface area contributed by atoms with Gasteiger partial charge in [-0.1, -0.05) is 0 Å². The normalized spacial score (nSPS) is 9.46. The number of hydrazone groups is 1. The molecule has 0 atom stereocenters. The Bertz CT molecular complexity index is 353. The van der Waals surface area contributed by atoms with Crippen LogP contribution in [0.3, 0.4) is 0 Å². The zero-order chi connectivity index (χ0) is 9.52. The molecule has 6 heteroatoms. The van der Waals surface area contributed by atoms with Crippen molar-refractivity contribution >= 4 is 12.1 Å². The Kier molecular flexibility index (Phi) is 3.09. The number of hydrogen-bond acceptors (Lipinski definition) is 5. The second-order valence-electron chi connectivity index (χ2n) is 1.92. The Morgan fingerprint density at radius 1 is 1.69 bits per heavy atom. The highest BCUT2D eigenvalue weighted by Crippen LogP contribution is 1.88. The quantitative estimate of drug-likeness (QED) is 0.494. The third kappa shape index (κ3) is 2.67. The van der Waals surface area contributed by atoms with E-state index in [0.717, 1.165) is 6.21 Å². The number of hydrogen-bond donors (Lipinski definition) is 1. The number of amides is 1. The summed E-state index contributed by atoms with van der Waals surface area (Å²) >= 11 is 0. The molecule has 0 aliphatic heterocycles. The van der Waals surface area contributed by atoms with E-state index < -0.39 is 5.91 Å². The lowest BCUT2D eigenvalue weighted by atomic mass is 10.4. The molecule has 1 aromatic heterocycles. The Balaban J connectivity index is 2.61. The molecule has 1 amide bonds. The van der Waals surface area contributed by atoms with Gasteiger partial charge in [0.15, 0.2) is 0 Å². The van der Waals surface area contributed by atoms with Crippen molar-refractivity contribution < 1.29 is 4.79 Å². The summed E-state index contributed by atoms with van der Waals surface area (Å²) in [5, 5.41) is 11.4. The lowest BCUT2D eigenvalue weighted by Crippen LogP contribution is -2.18. The van der Waals surface area contributed by atoms with Gasteiger partial charge in [0, 0.05) is 12.4 Å². The SMILES string of the molecule is N#C/C=N/NC(=O)c1cnccn1. The van der Waals surface area contributed by atoms with Gasteiger partial charge in [0.2, 0.25) is 0 Å². The molecule has 0 aromatic carbocycles. The van der Waals surface area contributed by atoms with Crippen LogP contribution in [0, 0.1) is 11.3 Å². The van der Waals surface area contributed by atoms with Gasteiger partial charge in [-0.25, -0.2) is 10.4 Å². The molecular formula is C7H5N5O. The first kappa shape index (κ1) is 8.80. The predicted molar refractivity (Wildman–Crippen MR) is 43.6 cm³/mol. The number of nitriles is 1. The van der Waals surface area contributed by atoms with Crippen molar-refractivity contribution in [1.82, 2.24) is 15.4 Å². The van der Waals surface area contributed by atoms with Crippen LogP contribution in [0.2, 0.25) is 0 Å². The van der Waals surface area contributed by atoms with Crippen molar-refractivity contribution in [3.63, 3.8) is 0 Å². The van der Waals surface area contributed by atoms with Crippen LogP contribution < -0.4 is 5.43 Å². The zero-order valence-corrected chi connectivity index (χ0v) is 6.51. The summed E-state index contributed by atoms with van der Waals surface area (Å²) in [7, 11) is 0. The summed E-state index contributed by atoms with van der Waals surface area (Å²) in [4.78, 5) is 18.5. The molecule has 64 valence electrons. The maximum atomic E-state index is 11.1. The topological polar surface area (TPSA) is 91.0 Å². The minimum Gasteiger partial charge on any atom is -0.265 e. The van der Waals surface area contributed by atoms with Gasteiger partial charge in [-0.15, -0.1) is 0 Å². The maximum Gasteiger partial charge on any atom is 0.291 e. The van der Waals surface area contributed by atoms with E-state index in [1.54, 1.807) is 6.07 Å². The summed E-state index contributed by atoms with van der Waals surface area (Å²) < 4.78 is 0. The van der Waals surface area contributed by atoms with E-state index in [9.17, 15) is 4.79 Å². The van der Waals surface area contributed by atoms with Gasteiger partial charge in [-0.05, 0) is 0 Å². The van der Waals surface area contributed by atoms with Crippen LogP contribution in [0.1, 0.15) is 10.5 Å². The lowest BCUT2D eigenvalue weighted by Gasteiger charge is -1.95. The molecule has 13 heavy (non-hydrogen) atoms. The minimum atomic E-state index is -0.500. The third-order valence-electron chi connectivity index (χ3n) is 1.08. The molecule has 0 radical (unpaired) electrons. The van der Waals surface area contributed by atoms with Gasteiger partial charge >= 0.3 is 0 Å². The first-order valence-electron chi connectivity index (χ1n) is 3.32. The smallest absolute Gasteiger partial charge is 0.265 e. The Morgan fingerprint density at radius 2 is 2.54 bits per heavy atom. The number of carbonyl (C=O) groups is 1. The molecular weight excluding hydrogens is 170 g/mol. The summed E-state index contributed by atoms with van der Waals surface area (Å²) in [6.07, 6.45) is 5.06. The highest BCUT2D eigenvalue weighted by atomic mass is 16.2. The summed E-state index contributed by atoms with van der Waals surface area (Å²) in [6, 6.07) is 1.63. The molecule has 0 fully saturated rings. The van der Waals surface area contributed by atoms with Crippen LogP contribution in [0.5, 0.6) is 0 Å². The molecule has 0 aliphatic carbocycles. The second-order valence-corrected chi connectivity index (χ2v) is 1.92. The zero-order valence-electron chi connectivity index (χ0n) is 6.51. The van der Waals surface area contributed by atoms with E-state index in [0.29, 0.717) is 0 Å². The molecule has 0 saturated heterocycles. The molecule has 0 saturated carbocycles. The number of nitrogens with zero attached hydrogens (tertiary/aromatic N) is 4. The summed E-state index contributed by atoms with van der Waals surface area (Å²) in [5.41, 5.74) is 2.26. The highest BCUT2D eigenvalue weighted by molar-refractivity contribution is 5.92. The monoisotopic (exact) mass is 175 g/mol. The highest BCUT2D eigenvalue weighted by Gasteiger charge is 2.03. The largest absolute Gasteiger partial charge is 0.291 e. The average molecular weight is 175 g/mol. The van der Waals surface area contributed by atoms with E-state index in [4.69, 9.17) is 5.26 Å². The Labute approximate surface area is 73.9 Å². The van der Waals surface area contributed by atoms with Crippen LogP contribution in [0.15, 0.2) is 23.7 Å². The first-order valence-corrected chi connectivity index (χ1v) is 3.32. The minimum absolute atomic E-state index is 0.151. The number of nitrogens with one attached hydrogen (secondary N) is 1. The molecule has 0 bridgehead atoms. The van der Waals surface area contributed by atoms with Gasteiger partial charge in [0.25, 0.3) is 5.91 Å². The van der Waals surface area contributed by atoms with Crippen LogP contribution in [0.4, 0.5) is 0 Å². The molecule has 1 heterocycles. The van der Waals surface area contributed by atoms with E-state index in [-0.39, 0.29) is 5.69 Å². The molecule has 0 spiro atoms. The van der Waals surface area contributed by atoms with Crippen molar-refractivity contribution in [2.75, 3.05) is 0 Å². The van der Waals surface area contributed by atoms with Crippen LogP contribution in [-0.2, 0) is 0 Å². The maximum absolute atomic E-state index is 11.1. The van der Waals surface area contributed by atoms with Gasteiger partial charge in [-0.2, -0.15) is 10.4 Å². The van der Waals surface area contributed by atoms with Crippen molar-refractivity contribution in [3.05, 3.63) is 24.3 Å². The third-order valence-corrected chi connectivity index (χ3v) is 1.08. The van der Waals surface area contributed by atoms with Gasteiger partial charge in [0.1, 0.15) is 18.0 Å². The second kappa shape index (κ2) is 4.56. The Morgan fingerprint density at radius 3 is 3.15 bits per heavy atom. The molecule has 1 rings (SSSR count). The van der Waals surface area contributed by atoms with Gasteiger partial charge in [0.05, 0.1) is 6.20 Å². The van der Waals surface area contributed by atoms with Crippen LogP contribution >= 0.6 is 0 Å². The van der Waals surface area contributed by atoms with Crippen molar-refractivity contribution in [2.45, 2.75) is 0 Å². The van der Waals surface area contributed by atoms with Gasteiger partial charge in [-0.3, -0.25) is 9.78 Å². The standard InChI is InChI=1S/C7H5N5O/c8-1-2-11-12-7(13)6-5-9-3-4-10-6/h2-5H,(H,12,13)/b11-2+. The molecule has 1 N–H and O–H groups in total. The van der Waals surface area contributed by atoms with Crippen molar-refractivity contribution in [3.8, 4) is 6.07 Å². The van der Waals surface area contributed by atoms with Crippen molar-refractivity contribution in [2.24, 2.45) is 5.10 Å². The molecule has 6 nitrogen and oxygen atoms in total. The predicted octanol–water partition coefficient (Wildman–Crippen LogP) is -0.284. The van der Waals surface area contributed by atoms with Gasteiger partial charge < -0.3 is 0 Å². The number of carbonyl (C=O) groups excluding carboxylic acids is 1. The van der Waals surface area contributed by atoms with E-state index in [1.165, 1.54) is 18.6 Å². The lowest BCUT2D eigenvalue weighted by molar-refractivity contribution is 0.0950. The average Bonchev–Trinajstić information content (AvgIpc) is 2.19. The van der Waals surface area contributed by atoms with E-state index in [1.807, 2.05) is 0 Å². The van der Waals surface area contributed by atoms with E-state index in [2.05, 4.69) is 20.5 Å². The van der Waals surface area contributed by atoms with Crippen molar-refractivity contribution in [1.29, 1.82) is 5.26 Å². The van der Waals surface area contributed by atoms with Crippen LogP contribution in [0.25, 0.3) is 0 Å². The van der Waals surface area contributed by atoms with Crippen LogP contribution in [-0.4, -0.2) is 22.1 Å². The first-order chi connectivity index (χ1) is 6.34. The Hall–Kier alpha value is -2.29. The molecule has 1 aromatic rings. The summed E-state index contributed by atoms with van der Waals surface area (Å²) in [6.45, 7) is 0. The molecule has 0 unspecified atom stereocenters. The fourth-order valence-corrected chi connectivity index (χ4v) is 0.593. The fourth-order valence-electron chi connectivity index (χ4n) is 0.593. The molecule has 0 aliphatic rings.